The fourth-order valence-electron chi connectivity index (χ4n) is 4.25. The molecule has 3 rings (SSSR count). The van der Waals surface area contributed by atoms with Crippen molar-refractivity contribution in [2.45, 2.75) is 51.2 Å². The standard InChI is InChI=1S/C22H31N2O7P/c25-20-11-10-18(21(26)24-19(22(27)28)9-6-12-23(20)24)16-32(29,30)14-5-4-13-31-15-17-7-2-1-3-8-17/h1-3,7-8,18-19H,4-6,9-16H2,(H,27,28)(H,29,30)/t18-,19+/m1/s1. The first-order valence-corrected chi connectivity index (χ1v) is 13.1. The van der Waals surface area contributed by atoms with Crippen LogP contribution in [0.25, 0.3) is 0 Å². The van der Waals surface area contributed by atoms with Gasteiger partial charge in [-0.25, -0.2) is 9.80 Å². The quantitative estimate of drug-likeness (QED) is 0.401. The Hall–Kier alpha value is -2.22. The number of nitrogens with zero attached hydrogens (tertiary/aromatic N) is 2. The highest BCUT2D eigenvalue weighted by Gasteiger charge is 2.45. The molecule has 0 bridgehead atoms. The Labute approximate surface area is 187 Å². The molecule has 0 aromatic heterocycles. The normalized spacial score (nSPS) is 23.4. The third-order valence-corrected chi connectivity index (χ3v) is 7.95. The van der Waals surface area contributed by atoms with Gasteiger partial charge in [0.1, 0.15) is 0 Å². The predicted octanol–water partition coefficient (Wildman–Crippen LogP) is 2.48. The molecule has 1 aromatic carbocycles. The van der Waals surface area contributed by atoms with Crippen LogP contribution in [0.1, 0.15) is 44.1 Å². The summed E-state index contributed by atoms with van der Waals surface area (Å²) in [5.41, 5.74) is 1.06. The minimum absolute atomic E-state index is 0.0610. The zero-order valence-corrected chi connectivity index (χ0v) is 19.0. The molecule has 2 heterocycles. The zero-order chi connectivity index (χ0) is 23.1. The monoisotopic (exact) mass is 466 g/mol. The van der Waals surface area contributed by atoms with E-state index in [-0.39, 0.29) is 37.5 Å². The number of benzene rings is 1. The molecule has 1 aromatic rings. The minimum atomic E-state index is -3.62. The van der Waals surface area contributed by atoms with E-state index in [4.69, 9.17) is 4.74 Å². The topological polar surface area (TPSA) is 124 Å². The van der Waals surface area contributed by atoms with Crippen LogP contribution in [0.4, 0.5) is 0 Å². The number of carboxylic acid groups (broad SMARTS) is 1. The van der Waals surface area contributed by atoms with Crippen LogP contribution in [-0.2, 0) is 30.3 Å². The molecule has 0 saturated carbocycles. The van der Waals surface area contributed by atoms with Crippen LogP contribution in [0.15, 0.2) is 30.3 Å². The summed E-state index contributed by atoms with van der Waals surface area (Å²) in [7, 11) is -3.62. The SMILES string of the molecule is O=C(O)[C@@H]1CCCN2C(=O)CC[C@H](CP(=O)(O)CCCCOCc3ccccc3)C(=O)N12. The smallest absolute Gasteiger partial charge is 0.328 e. The van der Waals surface area contributed by atoms with Crippen molar-refractivity contribution in [1.29, 1.82) is 0 Å². The number of carbonyl (C=O) groups excluding carboxylic acids is 2. The minimum Gasteiger partial charge on any atom is -0.480 e. The summed E-state index contributed by atoms with van der Waals surface area (Å²) in [5, 5.41) is 11.8. The van der Waals surface area contributed by atoms with Crippen molar-refractivity contribution in [2.24, 2.45) is 5.92 Å². The van der Waals surface area contributed by atoms with Gasteiger partial charge < -0.3 is 14.7 Å². The molecule has 2 N–H and O–H groups in total. The summed E-state index contributed by atoms with van der Waals surface area (Å²) < 4.78 is 18.4. The van der Waals surface area contributed by atoms with Gasteiger partial charge in [0.2, 0.25) is 19.2 Å². The van der Waals surface area contributed by atoms with Crippen LogP contribution in [0.3, 0.4) is 0 Å². The first-order chi connectivity index (χ1) is 15.3. The number of rotatable bonds is 10. The number of fused-ring (bicyclic) bond motifs is 1. The van der Waals surface area contributed by atoms with E-state index in [1.54, 1.807) is 0 Å². The van der Waals surface area contributed by atoms with E-state index in [9.17, 15) is 28.9 Å². The van der Waals surface area contributed by atoms with Gasteiger partial charge in [0.05, 0.1) is 6.61 Å². The highest BCUT2D eigenvalue weighted by molar-refractivity contribution is 7.58. The number of hydrazine groups is 1. The van der Waals surface area contributed by atoms with Crippen LogP contribution in [-0.4, -0.2) is 69.3 Å². The summed E-state index contributed by atoms with van der Waals surface area (Å²) in [6.45, 7) is 1.24. The van der Waals surface area contributed by atoms with Crippen molar-refractivity contribution in [3.63, 3.8) is 0 Å². The fraction of sp³-hybridized carbons (Fsp3) is 0.591. The summed E-state index contributed by atoms with van der Waals surface area (Å²) >= 11 is 0. The van der Waals surface area contributed by atoms with Crippen molar-refractivity contribution in [2.75, 3.05) is 25.5 Å². The molecule has 2 saturated heterocycles. The van der Waals surface area contributed by atoms with Gasteiger partial charge >= 0.3 is 5.97 Å². The van der Waals surface area contributed by atoms with Crippen LogP contribution in [0.5, 0.6) is 0 Å². The lowest BCUT2D eigenvalue weighted by Gasteiger charge is -2.42. The predicted molar refractivity (Wildman–Crippen MR) is 117 cm³/mol. The van der Waals surface area contributed by atoms with Crippen LogP contribution >= 0.6 is 7.37 Å². The number of unbranched alkanes of at least 4 members (excludes halogenated alkanes) is 1. The average molecular weight is 466 g/mol. The number of ether oxygens (including phenoxy) is 1. The highest BCUT2D eigenvalue weighted by Crippen LogP contribution is 2.45. The van der Waals surface area contributed by atoms with E-state index in [1.807, 2.05) is 30.3 Å². The van der Waals surface area contributed by atoms with Gasteiger partial charge in [0.15, 0.2) is 6.04 Å². The van der Waals surface area contributed by atoms with Crippen molar-refractivity contribution in [1.82, 2.24) is 10.0 Å². The summed E-state index contributed by atoms with van der Waals surface area (Å²) in [4.78, 5) is 47.6. The molecule has 10 heteroatoms. The first kappa shape index (κ1) is 24.4. The second-order valence-electron chi connectivity index (χ2n) is 8.43. The number of carboxylic acids is 1. The fourth-order valence-corrected chi connectivity index (χ4v) is 6.18. The van der Waals surface area contributed by atoms with E-state index >= 15 is 0 Å². The molecule has 2 amide bonds. The maximum Gasteiger partial charge on any atom is 0.328 e. The maximum absolute atomic E-state index is 13.1. The third-order valence-electron chi connectivity index (χ3n) is 5.92. The van der Waals surface area contributed by atoms with Crippen molar-refractivity contribution in [3.8, 4) is 0 Å². The van der Waals surface area contributed by atoms with Crippen molar-refractivity contribution >= 4 is 25.2 Å². The molecule has 0 radical (unpaired) electrons. The van der Waals surface area contributed by atoms with Gasteiger partial charge in [-0.2, -0.15) is 0 Å². The van der Waals surface area contributed by atoms with Gasteiger partial charge in [-0.3, -0.25) is 19.2 Å². The molecular weight excluding hydrogens is 435 g/mol. The molecule has 3 atom stereocenters. The van der Waals surface area contributed by atoms with Crippen molar-refractivity contribution in [3.05, 3.63) is 35.9 Å². The van der Waals surface area contributed by atoms with Gasteiger partial charge in [-0.1, -0.05) is 30.3 Å². The third kappa shape index (κ3) is 6.40. The maximum atomic E-state index is 13.1. The number of hydrogen-bond donors (Lipinski definition) is 2. The van der Waals surface area contributed by atoms with E-state index < -0.39 is 31.2 Å². The molecule has 2 aliphatic heterocycles. The number of hydrogen-bond acceptors (Lipinski definition) is 5. The average Bonchev–Trinajstić information content (AvgIpc) is 2.88. The van der Waals surface area contributed by atoms with Crippen LogP contribution < -0.4 is 0 Å². The van der Waals surface area contributed by atoms with Gasteiger partial charge in [-0.15, -0.1) is 0 Å². The van der Waals surface area contributed by atoms with Crippen LogP contribution in [0.2, 0.25) is 0 Å². The van der Waals surface area contributed by atoms with E-state index in [1.165, 1.54) is 5.01 Å². The molecule has 2 fully saturated rings. The molecule has 176 valence electrons. The molecule has 1 unspecified atom stereocenters. The first-order valence-electron chi connectivity index (χ1n) is 11.1. The lowest BCUT2D eigenvalue weighted by atomic mass is 10.0. The second-order valence-corrected chi connectivity index (χ2v) is 10.9. The Bertz CT molecular complexity index is 863. The Balaban J connectivity index is 1.50. The highest BCUT2D eigenvalue weighted by atomic mass is 31.2. The molecule has 32 heavy (non-hydrogen) atoms. The van der Waals surface area contributed by atoms with Gasteiger partial charge in [-0.05, 0) is 37.7 Å². The van der Waals surface area contributed by atoms with E-state index in [2.05, 4.69) is 0 Å². The number of carbonyl (C=O) groups is 3. The van der Waals surface area contributed by atoms with Crippen molar-refractivity contribution < 1.29 is 33.7 Å². The number of amides is 2. The molecule has 2 aliphatic rings. The molecule has 9 nitrogen and oxygen atoms in total. The summed E-state index contributed by atoms with van der Waals surface area (Å²) in [6, 6.07) is 8.63. The Morgan fingerprint density at radius 1 is 1.16 bits per heavy atom. The number of aliphatic carboxylic acids is 1. The van der Waals surface area contributed by atoms with E-state index in [0.717, 1.165) is 10.6 Å². The second kappa shape index (κ2) is 11.1. The van der Waals surface area contributed by atoms with Gasteiger partial charge in [0.25, 0.3) is 0 Å². The summed E-state index contributed by atoms with van der Waals surface area (Å²) in [6.07, 6.45) is 1.91. The Kier molecular flexibility index (Phi) is 8.45. The molecular formula is C22H31N2O7P. The lowest BCUT2D eigenvalue weighted by molar-refractivity contribution is -0.181. The van der Waals surface area contributed by atoms with E-state index in [0.29, 0.717) is 39.0 Å². The zero-order valence-electron chi connectivity index (χ0n) is 18.1. The largest absolute Gasteiger partial charge is 0.480 e. The van der Waals surface area contributed by atoms with Gasteiger partial charge in [0, 0.05) is 37.8 Å². The lowest BCUT2D eigenvalue weighted by Crippen LogP contribution is -2.60. The molecule has 0 aliphatic carbocycles. The molecule has 0 spiro atoms. The Morgan fingerprint density at radius 2 is 1.91 bits per heavy atom. The summed E-state index contributed by atoms with van der Waals surface area (Å²) in [5.74, 6) is -2.85. The Morgan fingerprint density at radius 3 is 2.62 bits per heavy atom. The van der Waals surface area contributed by atoms with Crippen LogP contribution in [0, 0.1) is 5.92 Å².